The molecule has 160 valence electrons. The van der Waals surface area contributed by atoms with Crippen molar-refractivity contribution in [1.82, 2.24) is 19.9 Å². The number of nitrogens with one attached hydrogen (secondary N) is 1. The predicted octanol–water partition coefficient (Wildman–Crippen LogP) is 2.37. The number of hydrogen-bond donors (Lipinski definition) is 1. The number of likely N-dealkylation sites (N-methyl/N-ethyl adjacent to an activating group) is 1. The Hall–Kier alpha value is -3.68. The maximum absolute atomic E-state index is 12.6. The number of fused-ring (bicyclic) bond motifs is 1. The summed E-state index contributed by atoms with van der Waals surface area (Å²) in [6, 6.07) is 11.0. The smallest absolute Gasteiger partial charge is 0.254 e. The minimum Gasteiger partial charge on any atom is -0.486 e. The molecule has 0 saturated carbocycles. The fraction of sp³-hybridized carbons (Fsp3) is 0.304. The van der Waals surface area contributed by atoms with E-state index in [1.54, 1.807) is 43.4 Å². The van der Waals surface area contributed by atoms with Gasteiger partial charge in [0, 0.05) is 42.7 Å². The maximum atomic E-state index is 12.6. The molecule has 1 unspecified atom stereocenters. The Kier molecular flexibility index (Phi) is 5.97. The van der Waals surface area contributed by atoms with E-state index in [0.29, 0.717) is 48.2 Å². The lowest BCUT2D eigenvalue weighted by molar-refractivity contribution is -0.131. The highest BCUT2D eigenvalue weighted by atomic mass is 16.6. The maximum Gasteiger partial charge on any atom is 0.254 e. The first-order valence-electron chi connectivity index (χ1n) is 10.1. The van der Waals surface area contributed by atoms with Gasteiger partial charge >= 0.3 is 0 Å². The molecule has 0 aliphatic carbocycles. The summed E-state index contributed by atoms with van der Waals surface area (Å²) in [4.78, 5) is 38.1. The van der Waals surface area contributed by atoms with Gasteiger partial charge in [-0.2, -0.15) is 0 Å². The Morgan fingerprint density at radius 3 is 2.68 bits per heavy atom. The largest absolute Gasteiger partial charge is 0.486 e. The molecular weight excluding hydrogens is 396 g/mol. The first-order valence-corrected chi connectivity index (χ1v) is 10.1. The molecule has 3 heterocycles. The highest BCUT2D eigenvalue weighted by Crippen LogP contribution is 2.31. The van der Waals surface area contributed by atoms with Crippen molar-refractivity contribution in [2.24, 2.45) is 0 Å². The van der Waals surface area contributed by atoms with Crippen LogP contribution >= 0.6 is 0 Å². The number of carbonyl (C=O) groups is 1. The normalized spacial score (nSPS) is 14.8. The van der Waals surface area contributed by atoms with E-state index in [2.05, 4.69) is 15.0 Å². The van der Waals surface area contributed by atoms with Crippen molar-refractivity contribution >= 4 is 5.91 Å². The van der Waals surface area contributed by atoms with Crippen LogP contribution in [0, 0.1) is 6.92 Å². The number of para-hydroxylation sites is 2. The molecule has 8 nitrogen and oxygen atoms in total. The third-order valence-corrected chi connectivity index (χ3v) is 5.24. The average Bonchev–Trinajstić information content (AvgIpc) is 2.78. The van der Waals surface area contributed by atoms with Crippen molar-refractivity contribution in [1.29, 1.82) is 0 Å². The lowest BCUT2D eigenvalue weighted by Crippen LogP contribution is -2.42. The zero-order valence-corrected chi connectivity index (χ0v) is 17.5. The van der Waals surface area contributed by atoms with Crippen LogP contribution in [-0.2, 0) is 11.2 Å². The summed E-state index contributed by atoms with van der Waals surface area (Å²) in [6.45, 7) is 2.57. The lowest BCUT2D eigenvalue weighted by Gasteiger charge is -2.29. The summed E-state index contributed by atoms with van der Waals surface area (Å²) in [7, 11) is 1.73. The van der Waals surface area contributed by atoms with E-state index in [0.717, 1.165) is 5.56 Å². The van der Waals surface area contributed by atoms with E-state index >= 15 is 0 Å². The molecule has 1 N–H and O–H groups in total. The predicted molar refractivity (Wildman–Crippen MR) is 115 cm³/mol. The first kappa shape index (κ1) is 20.6. The molecule has 8 heteroatoms. The van der Waals surface area contributed by atoms with Crippen LogP contribution in [-0.4, -0.2) is 52.1 Å². The van der Waals surface area contributed by atoms with Crippen LogP contribution in [0.4, 0.5) is 0 Å². The van der Waals surface area contributed by atoms with Crippen LogP contribution in [0.25, 0.3) is 11.4 Å². The van der Waals surface area contributed by atoms with Gasteiger partial charge in [0.15, 0.2) is 17.6 Å². The van der Waals surface area contributed by atoms with Crippen LogP contribution in [0.1, 0.15) is 17.7 Å². The van der Waals surface area contributed by atoms with E-state index < -0.39 is 0 Å². The number of H-pyrrole nitrogens is 1. The van der Waals surface area contributed by atoms with Crippen molar-refractivity contribution in [2.75, 3.05) is 20.2 Å². The third kappa shape index (κ3) is 4.74. The molecule has 31 heavy (non-hydrogen) atoms. The van der Waals surface area contributed by atoms with E-state index in [4.69, 9.17) is 9.47 Å². The van der Waals surface area contributed by atoms with E-state index in [9.17, 15) is 9.59 Å². The number of ether oxygens (including phenoxy) is 2. The number of hydrogen-bond acceptors (Lipinski definition) is 6. The number of benzene rings is 1. The number of pyridine rings is 1. The first-order chi connectivity index (χ1) is 15.0. The molecule has 1 amide bonds. The van der Waals surface area contributed by atoms with Crippen LogP contribution in [0.5, 0.6) is 11.5 Å². The standard InChI is InChI=1S/C23H24N4O4/c1-15-18(23(29)26-22(25-15)16-9-11-24-12-10-16)7-8-21(28)27(2)13-17-14-30-19-5-3-4-6-20(19)31-17/h3-6,9-12,17H,7-8,13-14H2,1-2H3,(H,25,26,29). The van der Waals surface area contributed by atoms with E-state index in [-0.39, 0.29) is 24.0 Å². The molecule has 1 atom stereocenters. The molecule has 1 aliphatic rings. The number of carbonyl (C=O) groups excluding carboxylic acids is 1. The van der Waals surface area contributed by atoms with Gasteiger partial charge in [0.1, 0.15) is 12.4 Å². The molecule has 1 aliphatic heterocycles. The summed E-state index contributed by atoms with van der Waals surface area (Å²) >= 11 is 0. The van der Waals surface area contributed by atoms with Crippen molar-refractivity contribution < 1.29 is 14.3 Å². The summed E-state index contributed by atoms with van der Waals surface area (Å²) in [6.07, 6.45) is 3.58. The molecule has 1 aromatic carbocycles. The highest BCUT2D eigenvalue weighted by molar-refractivity contribution is 5.76. The molecule has 0 fully saturated rings. The third-order valence-electron chi connectivity index (χ3n) is 5.24. The van der Waals surface area contributed by atoms with Gasteiger partial charge in [0.05, 0.1) is 6.54 Å². The van der Waals surface area contributed by atoms with Gasteiger partial charge < -0.3 is 19.4 Å². The van der Waals surface area contributed by atoms with Gasteiger partial charge in [-0.1, -0.05) is 12.1 Å². The quantitative estimate of drug-likeness (QED) is 0.658. The zero-order valence-electron chi connectivity index (χ0n) is 17.5. The summed E-state index contributed by atoms with van der Waals surface area (Å²) in [5.74, 6) is 1.82. The Bertz CT molecular complexity index is 1130. The minimum atomic E-state index is -0.240. The van der Waals surface area contributed by atoms with Gasteiger partial charge in [0.2, 0.25) is 5.91 Å². The van der Waals surface area contributed by atoms with Gasteiger partial charge in [-0.05, 0) is 37.6 Å². The van der Waals surface area contributed by atoms with Gasteiger partial charge in [0.25, 0.3) is 5.56 Å². The molecule has 2 aromatic heterocycles. The number of aromatic amines is 1. The fourth-order valence-corrected chi connectivity index (χ4v) is 3.53. The number of amides is 1. The molecule has 0 spiro atoms. The molecule has 0 radical (unpaired) electrons. The SMILES string of the molecule is Cc1nc(-c2ccncc2)[nH]c(=O)c1CCC(=O)N(C)CC1COc2ccccc2O1. The second-order valence-electron chi connectivity index (χ2n) is 7.49. The second-order valence-corrected chi connectivity index (χ2v) is 7.49. The van der Waals surface area contributed by atoms with Crippen LogP contribution in [0.3, 0.4) is 0 Å². The van der Waals surface area contributed by atoms with Crippen LogP contribution in [0.15, 0.2) is 53.6 Å². The van der Waals surface area contributed by atoms with Crippen LogP contribution in [0.2, 0.25) is 0 Å². The minimum absolute atomic E-state index is 0.0699. The number of nitrogens with zero attached hydrogens (tertiary/aromatic N) is 3. The molecule has 0 bridgehead atoms. The summed E-state index contributed by atoms with van der Waals surface area (Å²) in [5, 5.41) is 0. The number of rotatable bonds is 6. The number of aryl methyl sites for hydroxylation is 1. The van der Waals surface area contributed by atoms with Gasteiger partial charge in [-0.25, -0.2) is 4.98 Å². The van der Waals surface area contributed by atoms with Crippen molar-refractivity contribution in [3.63, 3.8) is 0 Å². The molecule has 3 aromatic rings. The van der Waals surface area contributed by atoms with Gasteiger partial charge in [-0.3, -0.25) is 14.6 Å². The molecular formula is C23H24N4O4. The molecule has 0 saturated heterocycles. The van der Waals surface area contributed by atoms with Crippen molar-refractivity contribution in [2.45, 2.75) is 25.9 Å². The lowest BCUT2D eigenvalue weighted by atomic mass is 10.1. The Labute approximate surface area is 179 Å². The summed E-state index contributed by atoms with van der Waals surface area (Å²) in [5.41, 5.74) is 1.70. The van der Waals surface area contributed by atoms with Crippen LogP contribution < -0.4 is 15.0 Å². The Morgan fingerprint density at radius 2 is 1.94 bits per heavy atom. The number of aromatic nitrogens is 3. The topological polar surface area (TPSA) is 97.4 Å². The highest BCUT2D eigenvalue weighted by Gasteiger charge is 2.24. The second kappa shape index (κ2) is 8.99. The Morgan fingerprint density at radius 1 is 1.19 bits per heavy atom. The fourth-order valence-electron chi connectivity index (χ4n) is 3.53. The monoisotopic (exact) mass is 420 g/mol. The van der Waals surface area contributed by atoms with Crippen molar-refractivity contribution in [3.8, 4) is 22.9 Å². The summed E-state index contributed by atoms with van der Waals surface area (Å²) < 4.78 is 11.6. The zero-order chi connectivity index (χ0) is 21.8. The van der Waals surface area contributed by atoms with E-state index in [1.807, 2.05) is 24.3 Å². The Balaban J connectivity index is 1.36. The van der Waals surface area contributed by atoms with Gasteiger partial charge in [-0.15, -0.1) is 0 Å². The average molecular weight is 420 g/mol. The van der Waals surface area contributed by atoms with E-state index in [1.165, 1.54) is 0 Å². The molecule has 4 rings (SSSR count). The van der Waals surface area contributed by atoms with Crippen molar-refractivity contribution in [3.05, 3.63) is 70.4 Å².